The number of piperidine rings is 1. The van der Waals surface area contributed by atoms with Crippen LogP contribution in [-0.4, -0.2) is 48.1 Å². The van der Waals surface area contributed by atoms with Crippen LogP contribution in [-0.2, 0) is 6.54 Å². The SMILES string of the molecule is C/C(=C\c1ccccc1)CN(CCCN1CCCCC1C)C(=O)NCc1ccccc1. The summed E-state index contributed by atoms with van der Waals surface area (Å²) in [6.45, 7) is 8.66. The molecule has 31 heavy (non-hydrogen) atoms. The van der Waals surface area contributed by atoms with Crippen LogP contribution in [0.3, 0.4) is 0 Å². The Morgan fingerprint density at radius 3 is 2.52 bits per heavy atom. The molecule has 2 amide bonds. The first-order valence-corrected chi connectivity index (χ1v) is 11.6. The van der Waals surface area contributed by atoms with Gasteiger partial charge >= 0.3 is 6.03 Å². The van der Waals surface area contributed by atoms with Crippen molar-refractivity contribution in [3.63, 3.8) is 0 Å². The number of amides is 2. The van der Waals surface area contributed by atoms with E-state index in [1.807, 2.05) is 53.4 Å². The second kappa shape index (κ2) is 12.3. The van der Waals surface area contributed by atoms with Gasteiger partial charge in [0.1, 0.15) is 0 Å². The third-order valence-corrected chi connectivity index (χ3v) is 6.04. The molecule has 1 heterocycles. The van der Waals surface area contributed by atoms with Crippen molar-refractivity contribution in [3.8, 4) is 0 Å². The monoisotopic (exact) mass is 419 g/mol. The van der Waals surface area contributed by atoms with Gasteiger partial charge in [-0.1, -0.05) is 78.7 Å². The van der Waals surface area contributed by atoms with Gasteiger partial charge in [-0.3, -0.25) is 0 Å². The maximum absolute atomic E-state index is 13.0. The zero-order valence-electron chi connectivity index (χ0n) is 19.1. The predicted molar refractivity (Wildman–Crippen MR) is 130 cm³/mol. The Balaban J connectivity index is 1.59. The first-order chi connectivity index (χ1) is 15.1. The zero-order chi connectivity index (χ0) is 21.9. The minimum absolute atomic E-state index is 0.0105. The van der Waals surface area contributed by atoms with Crippen molar-refractivity contribution in [3.05, 3.63) is 77.4 Å². The molecule has 2 aromatic carbocycles. The summed E-state index contributed by atoms with van der Waals surface area (Å²) in [4.78, 5) is 17.6. The summed E-state index contributed by atoms with van der Waals surface area (Å²) in [5.41, 5.74) is 3.48. The number of hydrogen-bond acceptors (Lipinski definition) is 2. The van der Waals surface area contributed by atoms with E-state index in [0.717, 1.165) is 25.1 Å². The van der Waals surface area contributed by atoms with Gasteiger partial charge in [0.25, 0.3) is 0 Å². The van der Waals surface area contributed by atoms with E-state index in [1.54, 1.807) is 0 Å². The topological polar surface area (TPSA) is 35.6 Å². The number of likely N-dealkylation sites (tertiary alicyclic amines) is 1. The molecular weight excluding hydrogens is 382 g/mol. The van der Waals surface area contributed by atoms with E-state index in [2.05, 4.69) is 42.3 Å². The predicted octanol–water partition coefficient (Wildman–Crippen LogP) is 5.57. The summed E-state index contributed by atoms with van der Waals surface area (Å²) in [6, 6.07) is 21.1. The number of benzene rings is 2. The van der Waals surface area contributed by atoms with Crippen molar-refractivity contribution < 1.29 is 4.79 Å². The van der Waals surface area contributed by atoms with Gasteiger partial charge in [-0.25, -0.2) is 4.79 Å². The fourth-order valence-electron chi connectivity index (χ4n) is 4.27. The lowest BCUT2D eigenvalue weighted by atomic mass is 10.0. The number of hydrogen-bond donors (Lipinski definition) is 1. The third-order valence-electron chi connectivity index (χ3n) is 6.04. The maximum Gasteiger partial charge on any atom is 0.317 e. The van der Waals surface area contributed by atoms with E-state index in [4.69, 9.17) is 0 Å². The molecule has 1 saturated heterocycles. The summed E-state index contributed by atoms with van der Waals surface area (Å²) in [7, 11) is 0. The maximum atomic E-state index is 13.0. The van der Waals surface area contributed by atoms with Crippen LogP contribution in [0.2, 0.25) is 0 Å². The first-order valence-electron chi connectivity index (χ1n) is 11.6. The molecule has 0 aromatic heterocycles. The van der Waals surface area contributed by atoms with Crippen LogP contribution in [0.4, 0.5) is 4.79 Å². The largest absolute Gasteiger partial charge is 0.334 e. The number of nitrogens with one attached hydrogen (secondary N) is 1. The standard InChI is InChI=1S/C27H37N3O/c1-23(20-25-13-5-3-6-14-25)22-30(19-11-18-29-17-10-9-12-24(29)2)27(31)28-21-26-15-7-4-8-16-26/h3-8,13-16,20,24H,9-12,17-19,21-22H2,1-2H3,(H,28,31)/b23-20+. The van der Waals surface area contributed by atoms with Crippen LogP contribution in [0.25, 0.3) is 6.08 Å². The van der Waals surface area contributed by atoms with Gasteiger partial charge in [0.2, 0.25) is 0 Å². The van der Waals surface area contributed by atoms with Crippen molar-refractivity contribution >= 4 is 12.1 Å². The van der Waals surface area contributed by atoms with Gasteiger partial charge in [0, 0.05) is 32.2 Å². The Labute approximate surface area is 187 Å². The molecule has 166 valence electrons. The van der Waals surface area contributed by atoms with E-state index in [0.29, 0.717) is 19.1 Å². The average Bonchev–Trinajstić information content (AvgIpc) is 2.79. The zero-order valence-corrected chi connectivity index (χ0v) is 19.1. The van der Waals surface area contributed by atoms with Crippen molar-refractivity contribution in [2.45, 2.75) is 52.1 Å². The van der Waals surface area contributed by atoms with Crippen LogP contribution >= 0.6 is 0 Å². The molecule has 0 bridgehead atoms. The van der Waals surface area contributed by atoms with Gasteiger partial charge in [0.05, 0.1) is 0 Å². The molecule has 0 radical (unpaired) electrons. The Hall–Kier alpha value is -2.59. The lowest BCUT2D eigenvalue weighted by Gasteiger charge is -2.34. The second-order valence-electron chi connectivity index (χ2n) is 8.70. The quantitative estimate of drug-likeness (QED) is 0.577. The van der Waals surface area contributed by atoms with Gasteiger partial charge in [-0.2, -0.15) is 0 Å². The summed E-state index contributed by atoms with van der Waals surface area (Å²) >= 11 is 0. The van der Waals surface area contributed by atoms with Crippen LogP contribution in [0.15, 0.2) is 66.2 Å². The van der Waals surface area contributed by atoms with E-state index >= 15 is 0 Å². The smallest absolute Gasteiger partial charge is 0.317 e. The van der Waals surface area contributed by atoms with Gasteiger partial charge < -0.3 is 15.1 Å². The summed E-state index contributed by atoms with van der Waals surface area (Å²) < 4.78 is 0. The summed E-state index contributed by atoms with van der Waals surface area (Å²) in [5, 5.41) is 3.11. The van der Waals surface area contributed by atoms with Gasteiger partial charge in [-0.15, -0.1) is 0 Å². The molecule has 3 rings (SSSR count). The molecule has 4 heteroatoms. The lowest BCUT2D eigenvalue weighted by Crippen LogP contribution is -2.43. The fourth-order valence-corrected chi connectivity index (χ4v) is 4.27. The van der Waals surface area contributed by atoms with Crippen LogP contribution in [0, 0.1) is 0 Å². The van der Waals surface area contributed by atoms with Crippen molar-refractivity contribution in [1.29, 1.82) is 0 Å². The molecular formula is C27H37N3O. The van der Waals surface area contributed by atoms with E-state index in [-0.39, 0.29) is 6.03 Å². The molecule has 1 fully saturated rings. The van der Waals surface area contributed by atoms with E-state index < -0.39 is 0 Å². The van der Waals surface area contributed by atoms with E-state index in [1.165, 1.54) is 36.9 Å². The third kappa shape index (κ3) is 7.87. The summed E-state index contributed by atoms with van der Waals surface area (Å²) in [5.74, 6) is 0. The molecule has 1 aliphatic heterocycles. The Kier molecular flexibility index (Phi) is 9.16. The van der Waals surface area contributed by atoms with Crippen LogP contribution in [0.5, 0.6) is 0 Å². The minimum Gasteiger partial charge on any atom is -0.334 e. The van der Waals surface area contributed by atoms with Crippen molar-refractivity contribution in [2.75, 3.05) is 26.2 Å². The molecule has 1 atom stereocenters. The number of rotatable bonds is 9. The Bertz CT molecular complexity index is 819. The highest BCUT2D eigenvalue weighted by Crippen LogP contribution is 2.17. The molecule has 0 saturated carbocycles. The Morgan fingerprint density at radius 2 is 1.81 bits per heavy atom. The number of carbonyl (C=O) groups is 1. The Morgan fingerprint density at radius 1 is 1.10 bits per heavy atom. The molecule has 0 spiro atoms. The number of urea groups is 1. The number of carbonyl (C=O) groups excluding carboxylic acids is 1. The highest BCUT2D eigenvalue weighted by Gasteiger charge is 2.19. The molecule has 4 nitrogen and oxygen atoms in total. The fraction of sp³-hybridized carbons (Fsp3) is 0.444. The van der Waals surface area contributed by atoms with Gasteiger partial charge in [0.15, 0.2) is 0 Å². The average molecular weight is 420 g/mol. The molecule has 1 N–H and O–H groups in total. The molecule has 1 aliphatic rings. The summed E-state index contributed by atoms with van der Waals surface area (Å²) in [6.07, 6.45) is 7.10. The molecule has 0 aliphatic carbocycles. The lowest BCUT2D eigenvalue weighted by molar-refractivity contribution is 0.150. The van der Waals surface area contributed by atoms with E-state index in [9.17, 15) is 4.79 Å². The van der Waals surface area contributed by atoms with Crippen molar-refractivity contribution in [2.24, 2.45) is 0 Å². The second-order valence-corrected chi connectivity index (χ2v) is 8.70. The van der Waals surface area contributed by atoms with Gasteiger partial charge in [-0.05, 0) is 50.8 Å². The first kappa shape index (κ1) is 23.1. The van der Waals surface area contributed by atoms with Crippen LogP contribution < -0.4 is 5.32 Å². The molecule has 2 aromatic rings. The highest BCUT2D eigenvalue weighted by molar-refractivity contribution is 5.74. The highest BCUT2D eigenvalue weighted by atomic mass is 16.2. The van der Waals surface area contributed by atoms with Crippen molar-refractivity contribution in [1.82, 2.24) is 15.1 Å². The minimum atomic E-state index is 0.0105. The number of nitrogens with zero attached hydrogens (tertiary/aromatic N) is 2. The normalized spacial score (nSPS) is 17.4. The molecule has 1 unspecified atom stereocenters. The van der Waals surface area contributed by atoms with Crippen LogP contribution in [0.1, 0.15) is 50.7 Å².